The second-order valence-corrected chi connectivity index (χ2v) is 5.17. The van der Waals surface area contributed by atoms with Crippen LogP contribution in [0.2, 0.25) is 0 Å². The van der Waals surface area contributed by atoms with Crippen LogP contribution in [0.4, 0.5) is 0 Å². The van der Waals surface area contributed by atoms with Gasteiger partial charge >= 0.3 is 5.97 Å². The lowest BCUT2D eigenvalue weighted by atomic mass is 9.94. The summed E-state index contributed by atoms with van der Waals surface area (Å²) in [5, 5.41) is 11.5. The fourth-order valence-corrected chi connectivity index (χ4v) is 1.37. The molecule has 0 radical (unpaired) electrons. The number of nitrogens with two attached hydrogens (primary N) is 1. The van der Waals surface area contributed by atoms with Gasteiger partial charge in [-0.05, 0) is 32.6 Å². The molecule has 5 nitrogen and oxygen atoms in total. The zero-order valence-corrected chi connectivity index (χ0v) is 9.82. The second-order valence-electron chi connectivity index (χ2n) is 5.17. The van der Waals surface area contributed by atoms with Crippen molar-refractivity contribution < 1.29 is 14.7 Å². The monoisotopic (exact) mass is 228 g/mol. The molecule has 1 amide bonds. The quantitative estimate of drug-likeness (QED) is 0.611. The van der Waals surface area contributed by atoms with Crippen molar-refractivity contribution in [1.29, 1.82) is 0 Å². The van der Waals surface area contributed by atoms with Crippen LogP contribution in [-0.2, 0) is 9.59 Å². The maximum Gasteiger partial charge on any atom is 0.310 e. The fraction of sp³-hybridized carbons (Fsp3) is 0.818. The minimum atomic E-state index is -0.931. The number of rotatable bonds is 6. The minimum Gasteiger partial charge on any atom is -0.481 e. The van der Waals surface area contributed by atoms with Gasteiger partial charge in [-0.15, -0.1) is 0 Å². The van der Waals surface area contributed by atoms with E-state index in [-0.39, 0.29) is 18.5 Å². The molecule has 4 N–H and O–H groups in total. The van der Waals surface area contributed by atoms with Gasteiger partial charge in [0.25, 0.3) is 0 Å². The number of hydrogen-bond acceptors (Lipinski definition) is 3. The maximum atomic E-state index is 11.5. The molecule has 0 aromatic heterocycles. The lowest BCUT2D eigenvalue weighted by Gasteiger charge is -2.20. The average molecular weight is 228 g/mol. The Hall–Kier alpha value is -1.10. The van der Waals surface area contributed by atoms with E-state index in [1.165, 1.54) is 0 Å². The highest BCUT2D eigenvalue weighted by Gasteiger charge is 2.31. The molecule has 1 rings (SSSR count). The van der Waals surface area contributed by atoms with Gasteiger partial charge in [0.1, 0.15) is 0 Å². The van der Waals surface area contributed by atoms with E-state index >= 15 is 0 Å². The molecule has 0 saturated heterocycles. The Balaban J connectivity index is 2.26. The molecule has 1 unspecified atom stereocenters. The van der Waals surface area contributed by atoms with E-state index in [1.807, 2.05) is 0 Å². The van der Waals surface area contributed by atoms with E-state index in [4.69, 9.17) is 10.8 Å². The molecule has 0 bridgehead atoms. The van der Waals surface area contributed by atoms with Crippen LogP contribution in [0.25, 0.3) is 0 Å². The van der Waals surface area contributed by atoms with Gasteiger partial charge in [-0.2, -0.15) is 0 Å². The van der Waals surface area contributed by atoms with Crippen LogP contribution in [0.15, 0.2) is 0 Å². The summed E-state index contributed by atoms with van der Waals surface area (Å²) in [7, 11) is 0. The van der Waals surface area contributed by atoms with Gasteiger partial charge in [0, 0.05) is 19.0 Å². The van der Waals surface area contributed by atoms with Gasteiger partial charge in [-0.25, -0.2) is 0 Å². The van der Waals surface area contributed by atoms with Crippen LogP contribution in [0.1, 0.15) is 33.1 Å². The Labute approximate surface area is 95.4 Å². The number of hydrogen-bond donors (Lipinski definition) is 3. The number of carboxylic acid groups (broad SMARTS) is 1. The minimum absolute atomic E-state index is 0.0760. The summed E-state index contributed by atoms with van der Waals surface area (Å²) in [6.07, 6.45) is 2.50. The third kappa shape index (κ3) is 3.81. The van der Waals surface area contributed by atoms with Crippen LogP contribution in [0.3, 0.4) is 0 Å². The number of carbonyl (C=O) groups excluding carboxylic acids is 1. The SMILES string of the molecule is CC(C)(CNC(=O)CC(N)C1CC1)C(=O)O. The zero-order chi connectivity index (χ0) is 12.3. The smallest absolute Gasteiger partial charge is 0.310 e. The Morgan fingerprint density at radius 2 is 2.06 bits per heavy atom. The molecule has 1 atom stereocenters. The van der Waals surface area contributed by atoms with Crippen molar-refractivity contribution in [2.75, 3.05) is 6.54 Å². The van der Waals surface area contributed by atoms with Crippen molar-refractivity contribution in [2.45, 2.75) is 39.2 Å². The van der Waals surface area contributed by atoms with Crippen LogP contribution in [0.5, 0.6) is 0 Å². The topological polar surface area (TPSA) is 92.4 Å². The summed E-state index contributed by atoms with van der Waals surface area (Å²) in [4.78, 5) is 22.3. The van der Waals surface area contributed by atoms with Crippen molar-refractivity contribution in [1.82, 2.24) is 5.32 Å². The summed E-state index contributed by atoms with van der Waals surface area (Å²) in [6.45, 7) is 3.30. The standard InChI is InChI=1S/C11H20N2O3/c1-11(2,10(15)16)6-13-9(14)5-8(12)7-3-4-7/h7-8H,3-6,12H2,1-2H3,(H,13,14)(H,15,16). The van der Waals surface area contributed by atoms with E-state index in [2.05, 4.69) is 5.32 Å². The molecular weight excluding hydrogens is 208 g/mol. The van der Waals surface area contributed by atoms with Gasteiger partial charge in [0.2, 0.25) is 5.91 Å². The number of nitrogens with one attached hydrogen (secondary N) is 1. The molecule has 1 aliphatic rings. The molecule has 5 heteroatoms. The Bertz CT molecular complexity index is 285. The normalized spacial score (nSPS) is 17.9. The first kappa shape index (κ1) is 13.0. The number of carboxylic acids is 1. The van der Waals surface area contributed by atoms with Crippen molar-refractivity contribution >= 4 is 11.9 Å². The molecule has 0 aromatic rings. The van der Waals surface area contributed by atoms with Crippen molar-refractivity contribution in [3.05, 3.63) is 0 Å². The largest absolute Gasteiger partial charge is 0.481 e. The predicted molar refractivity (Wildman–Crippen MR) is 59.7 cm³/mol. The maximum absolute atomic E-state index is 11.5. The summed E-state index contributed by atoms with van der Waals surface area (Å²) in [5.41, 5.74) is 4.87. The van der Waals surface area contributed by atoms with E-state index in [9.17, 15) is 9.59 Å². The van der Waals surface area contributed by atoms with Crippen molar-refractivity contribution in [2.24, 2.45) is 17.1 Å². The van der Waals surface area contributed by atoms with Crippen LogP contribution >= 0.6 is 0 Å². The predicted octanol–water partition coefficient (Wildman–Crippen LogP) is 0.341. The molecule has 1 saturated carbocycles. The van der Waals surface area contributed by atoms with Gasteiger partial charge in [-0.1, -0.05) is 0 Å². The van der Waals surface area contributed by atoms with E-state index in [0.29, 0.717) is 12.3 Å². The van der Waals surface area contributed by atoms with Crippen LogP contribution < -0.4 is 11.1 Å². The Kier molecular flexibility index (Phi) is 3.91. The highest BCUT2D eigenvalue weighted by Crippen LogP contribution is 2.32. The fourth-order valence-electron chi connectivity index (χ4n) is 1.37. The van der Waals surface area contributed by atoms with Crippen molar-refractivity contribution in [3.63, 3.8) is 0 Å². The summed E-state index contributed by atoms with van der Waals surface area (Å²) in [6, 6.07) is -0.0760. The van der Waals surface area contributed by atoms with E-state index in [0.717, 1.165) is 12.8 Å². The van der Waals surface area contributed by atoms with Crippen LogP contribution in [-0.4, -0.2) is 29.6 Å². The Morgan fingerprint density at radius 3 is 2.50 bits per heavy atom. The lowest BCUT2D eigenvalue weighted by Crippen LogP contribution is -2.41. The molecule has 0 spiro atoms. The zero-order valence-electron chi connectivity index (χ0n) is 9.82. The summed E-state index contributed by atoms with van der Waals surface area (Å²) < 4.78 is 0. The number of aliphatic carboxylic acids is 1. The lowest BCUT2D eigenvalue weighted by molar-refractivity contribution is -0.146. The first-order chi connectivity index (χ1) is 7.33. The first-order valence-electron chi connectivity index (χ1n) is 5.58. The molecule has 0 aliphatic heterocycles. The molecule has 1 aliphatic carbocycles. The molecular formula is C11H20N2O3. The van der Waals surface area contributed by atoms with Gasteiger partial charge in [-0.3, -0.25) is 9.59 Å². The average Bonchev–Trinajstić information content (AvgIpc) is 2.97. The molecule has 92 valence electrons. The summed E-state index contributed by atoms with van der Waals surface area (Å²) in [5.74, 6) is -0.591. The molecule has 0 aromatic carbocycles. The van der Waals surface area contributed by atoms with Crippen molar-refractivity contribution in [3.8, 4) is 0 Å². The molecule has 1 fully saturated rings. The third-order valence-electron chi connectivity index (χ3n) is 2.96. The van der Waals surface area contributed by atoms with E-state index in [1.54, 1.807) is 13.8 Å². The number of amides is 1. The third-order valence-corrected chi connectivity index (χ3v) is 2.96. The van der Waals surface area contributed by atoms with Gasteiger partial charge < -0.3 is 16.2 Å². The first-order valence-corrected chi connectivity index (χ1v) is 5.58. The molecule has 0 heterocycles. The van der Waals surface area contributed by atoms with E-state index < -0.39 is 11.4 Å². The summed E-state index contributed by atoms with van der Waals surface area (Å²) >= 11 is 0. The van der Waals surface area contributed by atoms with Crippen LogP contribution in [0, 0.1) is 11.3 Å². The number of carbonyl (C=O) groups is 2. The highest BCUT2D eigenvalue weighted by molar-refractivity contribution is 5.79. The molecule has 16 heavy (non-hydrogen) atoms. The van der Waals surface area contributed by atoms with Gasteiger partial charge in [0.05, 0.1) is 5.41 Å². The van der Waals surface area contributed by atoms with Gasteiger partial charge in [0.15, 0.2) is 0 Å². The highest BCUT2D eigenvalue weighted by atomic mass is 16.4. The second kappa shape index (κ2) is 4.82. The Morgan fingerprint density at radius 1 is 1.50 bits per heavy atom.